The highest BCUT2D eigenvalue weighted by molar-refractivity contribution is 5.00. The SMILES string of the molecule is CC1(C)C[C@H](NC[C@@H]2CN3CCN2CC3)C(C)(C)O1. The highest BCUT2D eigenvalue weighted by Gasteiger charge is 2.46. The van der Waals surface area contributed by atoms with Crippen LogP contribution in [-0.2, 0) is 4.74 Å². The Balaban J connectivity index is 1.55. The molecular weight excluding hydrogens is 238 g/mol. The summed E-state index contributed by atoms with van der Waals surface area (Å²) < 4.78 is 6.16. The fourth-order valence-corrected chi connectivity index (χ4v) is 4.08. The summed E-state index contributed by atoms with van der Waals surface area (Å²) in [5.74, 6) is 0. The Bertz CT molecular complexity index is 334. The molecule has 4 heteroatoms. The third-order valence-corrected chi connectivity index (χ3v) is 5.07. The number of ether oxygens (including phenoxy) is 1. The fourth-order valence-electron chi connectivity index (χ4n) is 4.08. The molecular formula is C15H29N3O. The van der Waals surface area contributed by atoms with Crippen LogP contribution in [0.4, 0.5) is 0 Å². The van der Waals surface area contributed by atoms with E-state index in [4.69, 9.17) is 4.74 Å². The monoisotopic (exact) mass is 267 g/mol. The first-order valence-electron chi connectivity index (χ1n) is 7.76. The molecule has 4 saturated heterocycles. The summed E-state index contributed by atoms with van der Waals surface area (Å²) in [5, 5.41) is 3.79. The number of hydrogen-bond donors (Lipinski definition) is 1. The first-order valence-corrected chi connectivity index (χ1v) is 7.76. The number of rotatable bonds is 3. The summed E-state index contributed by atoms with van der Waals surface area (Å²) in [6, 6.07) is 1.17. The lowest BCUT2D eigenvalue weighted by atomic mass is 9.94. The van der Waals surface area contributed by atoms with Crippen LogP contribution in [0.25, 0.3) is 0 Å². The molecule has 0 aromatic heterocycles. The van der Waals surface area contributed by atoms with Crippen molar-refractivity contribution in [2.75, 3.05) is 39.3 Å². The van der Waals surface area contributed by atoms with Gasteiger partial charge in [0.2, 0.25) is 0 Å². The lowest BCUT2D eigenvalue weighted by Gasteiger charge is -2.48. The van der Waals surface area contributed by atoms with Gasteiger partial charge in [-0.15, -0.1) is 0 Å². The Morgan fingerprint density at radius 3 is 2.26 bits per heavy atom. The molecule has 2 atom stereocenters. The van der Waals surface area contributed by atoms with Crippen molar-refractivity contribution in [3.63, 3.8) is 0 Å². The van der Waals surface area contributed by atoms with Crippen LogP contribution in [0.2, 0.25) is 0 Å². The number of nitrogens with zero attached hydrogens (tertiary/aromatic N) is 2. The standard InChI is InChI=1S/C15H29N3O/c1-14(2)9-13(15(3,4)19-14)16-10-12-11-17-5-7-18(12)8-6-17/h12-13,16H,5-11H2,1-4H3/t12-,13+/m1/s1. The van der Waals surface area contributed by atoms with Crippen molar-refractivity contribution in [3.05, 3.63) is 0 Å². The molecule has 4 rings (SSSR count). The number of nitrogens with one attached hydrogen (secondary N) is 1. The van der Waals surface area contributed by atoms with Gasteiger partial charge in [0.25, 0.3) is 0 Å². The van der Waals surface area contributed by atoms with E-state index in [9.17, 15) is 0 Å². The molecule has 4 aliphatic heterocycles. The van der Waals surface area contributed by atoms with Crippen molar-refractivity contribution in [3.8, 4) is 0 Å². The van der Waals surface area contributed by atoms with Crippen molar-refractivity contribution < 1.29 is 4.74 Å². The Kier molecular flexibility index (Phi) is 3.41. The van der Waals surface area contributed by atoms with E-state index < -0.39 is 0 Å². The molecule has 0 spiro atoms. The molecule has 4 aliphatic rings. The molecule has 0 unspecified atom stereocenters. The molecule has 2 bridgehead atoms. The van der Waals surface area contributed by atoms with E-state index in [2.05, 4.69) is 42.8 Å². The maximum absolute atomic E-state index is 6.16. The van der Waals surface area contributed by atoms with Crippen LogP contribution >= 0.6 is 0 Å². The van der Waals surface area contributed by atoms with Gasteiger partial charge in [0.05, 0.1) is 11.2 Å². The first kappa shape index (κ1) is 13.8. The molecule has 0 aromatic carbocycles. The zero-order valence-electron chi connectivity index (χ0n) is 12.9. The Morgan fingerprint density at radius 1 is 1.11 bits per heavy atom. The number of piperazine rings is 3. The van der Waals surface area contributed by atoms with Gasteiger partial charge in [0.1, 0.15) is 0 Å². The minimum atomic E-state index is -0.0488. The van der Waals surface area contributed by atoms with E-state index in [1.165, 1.54) is 32.7 Å². The van der Waals surface area contributed by atoms with Crippen molar-refractivity contribution >= 4 is 0 Å². The second-order valence-corrected chi connectivity index (χ2v) is 7.62. The van der Waals surface area contributed by atoms with Gasteiger partial charge in [-0.05, 0) is 34.1 Å². The highest BCUT2D eigenvalue weighted by Crippen LogP contribution is 2.37. The van der Waals surface area contributed by atoms with Crippen molar-refractivity contribution in [2.24, 2.45) is 0 Å². The van der Waals surface area contributed by atoms with Gasteiger partial charge in [0, 0.05) is 51.4 Å². The Labute approximate surface area is 117 Å². The van der Waals surface area contributed by atoms with Gasteiger partial charge in [-0.25, -0.2) is 0 Å². The Hall–Kier alpha value is -0.160. The average Bonchev–Trinajstić information content (AvgIpc) is 2.56. The van der Waals surface area contributed by atoms with Gasteiger partial charge in [0.15, 0.2) is 0 Å². The molecule has 0 aromatic rings. The minimum absolute atomic E-state index is 0.0104. The largest absolute Gasteiger partial charge is 0.368 e. The van der Waals surface area contributed by atoms with E-state index >= 15 is 0 Å². The molecule has 0 aliphatic carbocycles. The summed E-state index contributed by atoms with van der Waals surface area (Å²) in [5.41, 5.74) is -0.0384. The molecule has 0 radical (unpaired) electrons. The lowest BCUT2D eigenvalue weighted by molar-refractivity contribution is -0.0706. The summed E-state index contributed by atoms with van der Waals surface area (Å²) in [6.07, 6.45) is 1.11. The number of hydrogen-bond acceptors (Lipinski definition) is 4. The van der Waals surface area contributed by atoms with E-state index in [1.54, 1.807) is 0 Å². The average molecular weight is 267 g/mol. The van der Waals surface area contributed by atoms with Crippen molar-refractivity contribution in [1.29, 1.82) is 0 Å². The summed E-state index contributed by atoms with van der Waals surface area (Å²) in [7, 11) is 0. The van der Waals surface area contributed by atoms with Gasteiger partial charge in [-0.3, -0.25) is 9.80 Å². The summed E-state index contributed by atoms with van der Waals surface area (Å²) >= 11 is 0. The topological polar surface area (TPSA) is 27.7 Å². The molecule has 4 heterocycles. The van der Waals surface area contributed by atoms with Crippen LogP contribution in [0.15, 0.2) is 0 Å². The minimum Gasteiger partial charge on any atom is -0.368 e. The van der Waals surface area contributed by atoms with Crippen LogP contribution in [0.1, 0.15) is 34.1 Å². The molecule has 110 valence electrons. The first-order chi connectivity index (χ1) is 8.86. The Morgan fingerprint density at radius 2 is 1.79 bits per heavy atom. The van der Waals surface area contributed by atoms with Crippen LogP contribution in [0.5, 0.6) is 0 Å². The van der Waals surface area contributed by atoms with E-state index in [0.717, 1.165) is 13.0 Å². The van der Waals surface area contributed by atoms with Gasteiger partial charge in [-0.2, -0.15) is 0 Å². The predicted molar refractivity (Wildman–Crippen MR) is 77.5 cm³/mol. The van der Waals surface area contributed by atoms with Gasteiger partial charge in [-0.1, -0.05) is 0 Å². The normalized spacial score (nSPS) is 43.6. The van der Waals surface area contributed by atoms with Crippen molar-refractivity contribution in [1.82, 2.24) is 15.1 Å². The molecule has 0 amide bonds. The highest BCUT2D eigenvalue weighted by atomic mass is 16.5. The molecule has 19 heavy (non-hydrogen) atoms. The van der Waals surface area contributed by atoms with E-state index in [-0.39, 0.29) is 11.2 Å². The lowest BCUT2D eigenvalue weighted by Crippen LogP contribution is -2.64. The van der Waals surface area contributed by atoms with Crippen molar-refractivity contribution in [2.45, 2.75) is 57.4 Å². The molecule has 0 saturated carbocycles. The van der Waals surface area contributed by atoms with Gasteiger partial charge >= 0.3 is 0 Å². The summed E-state index contributed by atoms with van der Waals surface area (Å²) in [6.45, 7) is 16.2. The van der Waals surface area contributed by atoms with E-state index in [1.807, 2.05) is 0 Å². The fraction of sp³-hybridized carbons (Fsp3) is 1.00. The molecule has 4 nitrogen and oxygen atoms in total. The third kappa shape index (κ3) is 2.82. The maximum atomic E-state index is 6.16. The van der Waals surface area contributed by atoms with Crippen LogP contribution < -0.4 is 5.32 Å². The predicted octanol–water partition coefficient (Wildman–Crippen LogP) is 0.922. The smallest absolute Gasteiger partial charge is 0.0787 e. The third-order valence-electron chi connectivity index (χ3n) is 5.07. The second kappa shape index (κ2) is 4.69. The molecule has 1 N–H and O–H groups in total. The number of fused-ring (bicyclic) bond motifs is 3. The molecule has 4 fully saturated rings. The van der Waals surface area contributed by atoms with Gasteiger partial charge < -0.3 is 10.1 Å². The second-order valence-electron chi connectivity index (χ2n) is 7.62. The van der Waals surface area contributed by atoms with Crippen LogP contribution in [-0.4, -0.2) is 72.4 Å². The quantitative estimate of drug-likeness (QED) is 0.823. The van der Waals surface area contributed by atoms with Crippen LogP contribution in [0, 0.1) is 0 Å². The van der Waals surface area contributed by atoms with E-state index in [0.29, 0.717) is 12.1 Å². The zero-order chi connectivity index (χ0) is 13.7. The maximum Gasteiger partial charge on any atom is 0.0787 e. The zero-order valence-corrected chi connectivity index (χ0v) is 12.9. The van der Waals surface area contributed by atoms with Crippen LogP contribution in [0.3, 0.4) is 0 Å². The summed E-state index contributed by atoms with van der Waals surface area (Å²) in [4.78, 5) is 5.26.